The van der Waals surface area contributed by atoms with Crippen LogP contribution in [0, 0.1) is 5.92 Å². The van der Waals surface area contributed by atoms with Crippen molar-refractivity contribution >= 4 is 16.7 Å². The van der Waals surface area contributed by atoms with Crippen molar-refractivity contribution in [1.82, 2.24) is 19.7 Å². The van der Waals surface area contributed by atoms with Crippen molar-refractivity contribution < 1.29 is 0 Å². The van der Waals surface area contributed by atoms with Crippen LogP contribution in [0.3, 0.4) is 0 Å². The van der Waals surface area contributed by atoms with Crippen LogP contribution in [0.15, 0.2) is 42.9 Å². The topological polar surface area (TPSA) is 46.8 Å². The molecule has 0 amide bonds. The molecule has 3 rings (SSSR count). The van der Waals surface area contributed by atoms with Crippen LogP contribution >= 0.6 is 0 Å². The zero-order chi connectivity index (χ0) is 16.2. The van der Waals surface area contributed by atoms with E-state index in [0.29, 0.717) is 5.92 Å². The Kier molecular flexibility index (Phi) is 4.55. The standard InChI is InChI=1S/C18H23N5/c1-4-23-13-16(10-20-23)22(11-14(2)3)12-15-9-19-17-7-5-6-8-18(17)21-15/h5-10,13-14H,4,11-12H2,1-3H3. The summed E-state index contributed by atoms with van der Waals surface area (Å²) in [5.41, 5.74) is 3.99. The molecular formula is C18H23N5. The second-order valence-corrected chi connectivity index (χ2v) is 6.18. The number of hydrogen-bond donors (Lipinski definition) is 0. The first-order chi connectivity index (χ1) is 11.2. The third-order valence-electron chi connectivity index (χ3n) is 3.75. The third-order valence-corrected chi connectivity index (χ3v) is 3.75. The minimum atomic E-state index is 0.563. The van der Waals surface area contributed by atoms with E-state index in [1.165, 1.54) is 0 Å². The average molecular weight is 309 g/mol. The van der Waals surface area contributed by atoms with Crippen molar-refractivity contribution in [1.29, 1.82) is 0 Å². The summed E-state index contributed by atoms with van der Waals surface area (Å²) in [5, 5.41) is 4.39. The molecular weight excluding hydrogens is 286 g/mol. The predicted molar refractivity (Wildman–Crippen MR) is 93.3 cm³/mol. The Bertz CT molecular complexity index is 778. The molecule has 120 valence electrons. The quantitative estimate of drug-likeness (QED) is 0.699. The fraction of sp³-hybridized carbons (Fsp3) is 0.389. The first-order valence-corrected chi connectivity index (χ1v) is 8.13. The monoisotopic (exact) mass is 309 g/mol. The van der Waals surface area contributed by atoms with E-state index < -0.39 is 0 Å². The number of aromatic nitrogens is 4. The van der Waals surface area contributed by atoms with Gasteiger partial charge in [0.1, 0.15) is 0 Å². The summed E-state index contributed by atoms with van der Waals surface area (Å²) in [6, 6.07) is 7.98. The van der Waals surface area contributed by atoms with E-state index in [9.17, 15) is 0 Å². The lowest BCUT2D eigenvalue weighted by atomic mass is 10.2. The zero-order valence-electron chi connectivity index (χ0n) is 14.0. The summed E-state index contributed by atoms with van der Waals surface area (Å²) >= 11 is 0. The van der Waals surface area contributed by atoms with Crippen molar-refractivity contribution in [2.45, 2.75) is 33.9 Å². The van der Waals surface area contributed by atoms with Gasteiger partial charge in [0, 0.05) is 19.3 Å². The molecule has 0 unspecified atom stereocenters. The lowest BCUT2D eigenvalue weighted by molar-refractivity contribution is 0.604. The van der Waals surface area contributed by atoms with Gasteiger partial charge in [0.15, 0.2) is 0 Å². The van der Waals surface area contributed by atoms with E-state index in [-0.39, 0.29) is 0 Å². The lowest BCUT2D eigenvalue weighted by Crippen LogP contribution is -2.27. The summed E-state index contributed by atoms with van der Waals surface area (Å²) in [7, 11) is 0. The normalized spacial score (nSPS) is 11.3. The van der Waals surface area contributed by atoms with E-state index >= 15 is 0 Å². The fourth-order valence-corrected chi connectivity index (χ4v) is 2.66. The Morgan fingerprint density at radius 1 is 1.13 bits per heavy atom. The van der Waals surface area contributed by atoms with Crippen LogP contribution in [0.4, 0.5) is 5.69 Å². The van der Waals surface area contributed by atoms with E-state index in [1.54, 1.807) is 0 Å². The number of fused-ring (bicyclic) bond motifs is 1. The maximum atomic E-state index is 4.74. The summed E-state index contributed by atoms with van der Waals surface area (Å²) in [5.74, 6) is 0.563. The summed E-state index contributed by atoms with van der Waals surface area (Å²) in [6.45, 7) is 9.13. The van der Waals surface area contributed by atoms with Crippen LogP contribution in [-0.4, -0.2) is 26.3 Å². The largest absolute Gasteiger partial charge is 0.363 e. The van der Waals surface area contributed by atoms with Gasteiger partial charge in [-0.25, -0.2) is 4.98 Å². The predicted octanol–water partition coefficient (Wildman–Crippen LogP) is 3.51. The number of para-hydroxylation sites is 2. The number of benzene rings is 1. The highest BCUT2D eigenvalue weighted by molar-refractivity contribution is 5.73. The molecule has 2 heterocycles. The molecule has 0 aliphatic heterocycles. The van der Waals surface area contributed by atoms with Crippen molar-refractivity contribution in [3.8, 4) is 0 Å². The maximum Gasteiger partial charge on any atom is 0.0890 e. The van der Waals surface area contributed by atoms with Crippen LogP contribution in [0.1, 0.15) is 26.5 Å². The maximum absolute atomic E-state index is 4.74. The molecule has 0 N–H and O–H groups in total. The Hall–Kier alpha value is -2.43. The van der Waals surface area contributed by atoms with E-state index in [4.69, 9.17) is 4.98 Å². The highest BCUT2D eigenvalue weighted by atomic mass is 15.3. The SMILES string of the molecule is CCn1cc(N(Cc2cnc3ccccc3n2)CC(C)C)cn1. The molecule has 1 aromatic carbocycles. The minimum absolute atomic E-state index is 0.563. The fourth-order valence-electron chi connectivity index (χ4n) is 2.66. The van der Waals surface area contributed by atoms with Crippen LogP contribution in [0.25, 0.3) is 11.0 Å². The number of rotatable bonds is 6. The molecule has 5 heteroatoms. The number of hydrogen-bond acceptors (Lipinski definition) is 4. The Morgan fingerprint density at radius 3 is 2.61 bits per heavy atom. The molecule has 0 aliphatic carbocycles. The van der Waals surface area contributed by atoms with E-state index in [0.717, 1.165) is 42.0 Å². The van der Waals surface area contributed by atoms with Gasteiger partial charge in [0.25, 0.3) is 0 Å². The molecule has 0 radical (unpaired) electrons. The smallest absolute Gasteiger partial charge is 0.0890 e. The summed E-state index contributed by atoms with van der Waals surface area (Å²) in [6.07, 6.45) is 5.90. The second-order valence-electron chi connectivity index (χ2n) is 6.18. The molecule has 5 nitrogen and oxygen atoms in total. The van der Waals surface area contributed by atoms with Gasteiger partial charge in [-0.15, -0.1) is 0 Å². The van der Waals surface area contributed by atoms with Gasteiger partial charge < -0.3 is 4.90 Å². The Labute approximate surface area is 137 Å². The molecule has 0 saturated heterocycles. The van der Waals surface area contributed by atoms with Gasteiger partial charge >= 0.3 is 0 Å². The van der Waals surface area contributed by atoms with E-state index in [1.807, 2.05) is 41.3 Å². The molecule has 0 aliphatic rings. The molecule has 3 aromatic rings. The molecule has 0 fully saturated rings. The van der Waals surface area contributed by atoms with Gasteiger partial charge in [-0.1, -0.05) is 26.0 Å². The molecule has 0 bridgehead atoms. The first kappa shape index (κ1) is 15.5. The highest BCUT2D eigenvalue weighted by Crippen LogP contribution is 2.18. The van der Waals surface area contributed by atoms with Crippen molar-refractivity contribution in [2.75, 3.05) is 11.4 Å². The lowest BCUT2D eigenvalue weighted by Gasteiger charge is -2.24. The minimum Gasteiger partial charge on any atom is -0.363 e. The van der Waals surface area contributed by atoms with Gasteiger partial charge in [0.05, 0.1) is 41.4 Å². The zero-order valence-corrected chi connectivity index (χ0v) is 14.0. The average Bonchev–Trinajstić information content (AvgIpc) is 3.03. The van der Waals surface area contributed by atoms with Gasteiger partial charge in [-0.05, 0) is 25.0 Å². The molecule has 0 spiro atoms. The number of anilines is 1. The third kappa shape index (κ3) is 3.67. The van der Waals surface area contributed by atoms with Crippen LogP contribution in [0.2, 0.25) is 0 Å². The van der Waals surface area contributed by atoms with Gasteiger partial charge in [-0.2, -0.15) is 5.10 Å². The van der Waals surface area contributed by atoms with Crippen LogP contribution in [-0.2, 0) is 13.1 Å². The molecule has 23 heavy (non-hydrogen) atoms. The van der Waals surface area contributed by atoms with E-state index in [2.05, 4.69) is 42.0 Å². The molecule has 0 saturated carbocycles. The number of nitrogens with zero attached hydrogens (tertiary/aromatic N) is 5. The molecule has 2 aromatic heterocycles. The van der Waals surface area contributed by atoms with Crippen molar-refractivity contribution in [2.24, 2.45) is 5.92 Å². The van der Waals surface area contributed by atoms with Crippen molar-refractivity contribution in [3.63, 3.8) is 0 Å². The molecule has 0 atom stereocenters. The number of aryl methyl sites for hydroxylation is 1. The van der Waals surface area contributed by atoms with Gasteiger partial charge in [-0.3, -0.25) is 9.67 Å². The Balaban J connectivity index is 1.86. The Morgan fingerprint density at radius 2 is 1.91 bits per heavy atom. The van der Waals surface area contributed by atoms with Crippen molar-refractivity contribution in [3.05, 3.63) is 48.5 Å². The summed E-state index contributed by atoms with van der Waals surface area (Å²) < 4.78 is 1.95. The van der Waals surface area contributed by atoms with Crippen LogP contribution < -0.4 is 4.90 Å². The first-order valence-electron chi connectivity index (χ1n) is 8.13. The summed E-state index contributed by atoms with van der Waals surface area (Å²) in [4.78, 5) is 11.6. The van der Waals surface area contributed by atoms with Crippen LogP contribution in [0.5, 0.6) is 0 Å². The van der Waals surface area contributed by atoms with Gasteiger partial charge in [0.2, 0.25) is 0 Å². The second kappa shape index (κ2) is 6.77. The highest BCUT2D eigenvalue weighted by Gasteiger charge is 2.13.